The van der Waals surface area contributed by atoms with Crippen molar-refractivity contribution in [3.63, 3.8) is 0 Å². The molecule has 1 aromatic carbocycles. The van der Waals surface area contributed by atoms with E-state index in [9.17, 15) is 0 Å². The van der Waals surface area contributed by atoms with E-state index in [-0.39, 0.29) is 0 Å². The van der Waals surface area contributed by atoms with Crippen molar-refractivity contribution in [3.05, 3.63) is 36.0 Å². The van der Waals surface area contributed by atoms with Crippen molar-refractivity contribution >= 4 is 10.9 Å². The number of pyridine rings is 1. The van der Waals surface area contributed by atoms with E-state index in [1.54, 1.807) is 25.4 Å². The Bertz CT molecular complexity index is 514. The lowest BCUT2D eigenvalue weighted by molar-refractivity contribution is 0.414. The minimum atomic E-state index is 0.535. The molecule has 0 saturated heterocycles. The van der Waals surface area contributed by atoms with Crippen LogP contribution >= 0.6 is 0 Å². The summed E-state index contributed by atoms with van der Waals surface area (Å²) < 4.78 is 5.02. The molecule has 14 heavy (non-hydrogen) atoms. The first-order chi connectivity index (χ1) is 6.85. The molecule has 0 atom stereocenters. The highest BCUT2D eigenvalue weighted by Gasteiger charge is 2.04. The molecule has 2 aromatic rings. The van der Waals surface area contributed by atoms with E-state index in [4.69, 9.17) is 10.00 Å². The highest BCUT2D eigenvalue weighted by Crippen LogP contribution is 2.22. The Morgan fingerprint density at radius 1 is 1.57 bits per heavy atom. The molecule has 0 bridgehead atoms. The zero-order valence-electron chi connectivity index (χ0n) is 7.61. The molecule has 0 aliphatic rings. The summed E-state index contributed by atoms with van der Waals surface area (Å²) in [6, 6.07) is 10.4. The van der Waals surface area contributed by atoms with Crippen molar-refractivity contribution in [2.24, 2.45) is 0 Å². The molecule has 1 radical (unpaired) electrons. The van der Waals surface area contributed by atoms with E-state index in [0.29, 0.717) is 16.8 Å². The normalized spacial score (nSPS) is 9.71. The SMILES string of the molecule is COc1[c]c2ncccc2c(C#N)c1. The molecule has 0 saturated carbocycles. The second-order valence-electron chi connectivity index (χ2n) is 2.76. The van der Waals surface area contributed by atoms with Gasteiger partial charge in [0.05, 0.1) is 30.3 Å². The van der Waals surface area contributed by atoms with Crippen LogP contribution in [-0.2, 0) is 0 Å². The maximum Gasteiger partial charge on any atom is 0.130 e. The van der Waals surface area contributed by atoms with Crippen molar-refractivity contribution in [1.82, 2.24) is 4.98 Å². The average molecular weight is 183 g/mol. The minimum absolute atomic E-state index is 0.535. The average Bonchev–Trinajstić information content (AvgIpc) is 2.27. The predicted octanol–water partition coefficient (Wildman–Crippen LogP) is 1.92. The van der Waals surface area contributed by atoms with Crippen molar-refractivity contribution < 1.29 is 4.74 Å². The van der Waals surface area contributed by atoms with Crippen LogP contribution in [0.15, 0.2) is 24.4 Å². The molecule has 0 amide bonds. The molecule has 0 N–H and O–H groups in total. The highest BCUT2D eigenvalue weighted by molar-refractivity contribution is 5.85. The lowest BCUT2D eigenvalue weighted by Gasteiger charge is -2.02. The van der Waals surface area contributed by atoms with Crippen LogP contribution in [0.4, 0.5) is 0 Å². The molecule has 0 spiro atoms. The van der Waals surface area contributed by atoms with Crippen LogP contribution < -0.4 is 4.74 Å². The number of ether oxygens (including phenoxy) is 1. The molecular formula is C11H7N2O. The summed E-state index contributed by atoms with van der Waals surface area (Å²) >= 11 is 0. The quantitative estimate of drug-likeness (QED) is 0.678. The van der Waals surface area contributed by atoms with Gasteiger partial charge in [0, 0.05) is 11.6 Å². The fourth-order valence-corrected chi connectivity index (χ4v) is 1.29. The van der Waals surface area contributed by atoms with Crippen LogP contribution in [0.1, 0.15) is 5.56 Å². The third kappa shape index (κ3) is 1.27. The minimum Gasteiger partial charge on any atom is -0.496 e. The van der Waals surface area contributed by atoms with Gasteiger partial charge in [-0.25, -0.2) is 0 Å². The van der Waals surface area contributed by atoms with Gasteiger partial charge >= 0.3 is 0 Å². The summed E-state index contributed by atoms with van der Waals surface area (Å²) in [7, 11) is 1.54. The van der Waals surface area contributed by atoms with E-state index in [1.165, 1.54) is 0 Å². The van der Waals surface area contributed by atoms with E-state index >= 15 is 0 Å². The number of rotatable bonds is 1. The molecule has 3 heteroatoms. The lowest BCUT2D eigenvalue weighted by Crippen LogP contribution is -1.88. The number of benzene rings is 1. The van der Waals surface area contributed by atoms with Gasteiger partial charge in [-0.2, -0.15) is 5.26 Å². The molecule has 67 valence electrons. The third-order valence-electron chi connectivity index (χ3n) is 1.96. The first-order valence-electron chi connectivity index (χ1n) is 4.10. The molecule has 0 aliphatic heterocycles. The Morgan fingerprint density at radius 2 is 2.43 bits per heavy atom. The van der Waals surface area contributed by atoms with Gasteiger partial charge in [0.2, 0.25) is 0 Å². The fourth-order valence-electron chi connectivity index (χ4n) is 1.29. The molecule has 1 heterocycles. The summed E-state index contributed by atoms with van der Waals surface area (Å²) in [6.45, 7) is 0. The van der Waals surface area contributed by atoms with Gasteiger partial charge in [-0.1, -0.05) is 0 Å². The molecule has 0 unspecified atom stereocenters. The van der Waals surface area contributed by atoms with Gasteiger partial charge in [0.1, 0.15) is 5.75 Å². The van der Waals surface area contributed by atoms with Gasteiger partial charge in [0.25, 0.3) is 0 Å². The molecule has 0 fully saturated rings. The number of fused-ring (bicyclic) bond motifs is 1. The second-order valence-corrected chi connectivity index (χ2v) is 2.76. The summed E-state index contributed by atoms with van der Waals surface area (Å²) in [5, 5.41) is 9.71. The molecule has 3 nitrogen and oxygen atoms in total. The maximum absolute atomic E-state index is 8.91. The van der Waals surface area contributed by atoms with Gasteiger partial charge in [0.15, 0.2) is 0 Å². The zero-order chi connectivity index (χ0) is 9.97. The smallest absolute Gasteiger partial charge is 0.130 e. The Morgan fingerprint density at radius 3 is 3.14 bits per heavy atom. The molecular weight excluding hydrogens is 176 g/mol. The Kier molecular flexibility index (Phi) is 2.04. The Hall–Kier alpha value is -2.08. The van der Waals surface area contributed by atoms with E-state index < -0.39 is 0 Å². The Balaban J connectivity index is 2.82. The number of nitriles is 1. The van der Waals surface area contributed by atoms with Crippen LogP contribution in [0.25, 0.3) is 10.9 Å². The fraction of sp³-hybridized carbons (Fsp3) is 0.0909. The second kappa shape index (κ2) is 3.35. The summed E-state index contributed by atoms with van der Waals surface area (Å²) in [6.07, 6.45) is 1.67. The molecule has 0 aliphatic carbocycles. The van der Waals surface area contributed by atoms with E-state index in [0.717, 1.165) is 5.39 Å². The Labute approximate surface area is 81.6 Å². The summed E-state index contributed by atoms with van der Waals surface area (Å²) in [5.74, 6) is 0.535. The number of hydrogen-bond acceptors (Lipinski definition) is 3. The standard InChI is InChI=1S/C11H7N2O/c1-14-9-5-8(7-12)10-3-2-4-13-11(10)6-9/h2-5H,1H3. The van der Waals surface area contributed by atoms with Crippen LogP contribution in [0.2, 0.25) is 0 Å². The number of methoxy groups -OCH3 is 1. The zero-order valence-corrected chi connectivity index (χ0v) is 7.61. The van der Waals surface area contributed by atoms with Crippen LogP contribution in [0, 0.1) is 17.4 Å². The van der Waals surface area contributed by atoms with Crippen molar-refractivity contribution in [2.75, 3.05) is 7.11 Å². The van der Waals surface area contributed by atoms with Crippen molar-refractivity contribution in [1.29, 1.82) is 5.26 Å². The van der Waals surface area contributed by atoms with Crippen LogP contribution in [0.3, 0.4) is 0 Å². The van der Waals surface area contributed by atoms with Gasteiger partial charge in [-0.3, -0.25) is 4.98 Å². The number of nitrogens with zero attached hydrogens (tertiary/aromatic N) is 2. The van der Waals surface area contributed by atoms with Gasteiger partial charge < -0.3 is 4.74 Å². The highest BCUT2D eigenvalue weighted by atomic mass is 16.5. The van der Waals surface area contributed by atoms with Gasteiger partial charge in [-0.05, 0) is 18.2 Å². The largest absolute Gasteiger partial charge is 0.496 e. The first kappa shape index (κ1) is 8.52. The van der Waals surface area contributed by atoms with Crippen LogP contribution in [-0.4, -0.2) is 12.1 Å². The molecule has 1 aromatic heterocycles. The monoisotopic (exact) mass is 183 g/mol. The molecule has 2 rings (SSSR count). The van der Waals surface area contributed by atoms with E-state index in [1.807, 2.05) is 6.07 Å². The summed E-state index contributed by atoms with van der Waals surface area (Å²) in [5.41, 5.74) is 1.21. The van der Waals surface area contributed by atoms with Crippen LogP contribution in [0.5, 0.6) is 5.75 Å². The number of aromatic nitrogens is 1. The van der Waals surface area contributed by atoms with Gasteiger partial charge in [-0.15, -0.1) is 0 Å². The topological polar surface area (TPSA) is 45.9 Å². The number of hydrogen-bond donors (Lipinski definition) is 0. The van der Waals surface area contributed by atoms with Crippen molar-refractivity contribution in [3.8, 4) is 11.8 Å². The van der Waals surface area contributed by atoms with E-state index in [2.05, 4.69) is 17.1 Å². The summed E-state index contributed by atoms with van der Waals surface area (Å²) in [4.78, 5) is 4.11. The van der Waals surface area contributed by atoms with Crippen molar-refractivity contribution in [2.45, 2.75) is 0 Å². The predicted molar refractivity (Wildman–Crippen MR) is 51.8 cm³/mol. The first-order valence-corrected chi connectivity index (χ1v) is 4.10. The lowest BCUT2D eigenvalue weighted by atomic mass is 10.1. The third-order valence-corrected chi connectivity index (χ3v) is 1.96. The maximum atomic E-state index is 8.91.